The van der Waals surface area contributed by atoms with E-state index < -0.39 is 0 Å². The van der Waals surface area contributed by atoms with E-state index in [4.69, 9.17) is 0 Å². The molecule has 1 amide bonds. The average Bonchev–Trinajstić information content (AvgIpc) is 2.54. The number of hydrogen-bond donors (Lipinski definition) is 1. The van der Waals surface area contributed by atoms with Crippen LogP contribution in [0.1, 0.15) is 67.7 Å². The largest absolute Gasteiger partial charge is 0.325 e. The number of nitrogens with zero attached hydrogens (tertiary/aromatic N) is 1. The molecule has 1 aliphatic heterocycles. The van der Waals surface area contributed by atoms with Gasteiger partial charge in [0.05, 0.1) is 11.7 Å². The van der Waals surface area contributed by atoms with Gasteiger partial charge in [-0.15, -0.1) is 0 Å². The highest BCUT2D eigenvalue weighted by atomic mass is 16.2. The molecule has 1 fully saturated rings. The normalized spacial score (nSPS) is 29.9. The van der Waals surface area contributed by atoms with Gasteiger partial charge in [0, 0.05) is 6.54 Å². The monoisotopic (exact) mass is 268 g/mol. The first-order chi connectivity index (χ1) is 8.65. The topological polar surface area (TPSA) is 32.3 Å². The Kier molecular flexibility index (Phi) is 5.05. The van der Waals surface area contributed by atoms with Gasteiger partial charge in [0.25, 0.3) is 0 Å². The van der Waals surface area contributed by atoms with Gasteiger partial charge in [-0.05, 0) is 31.1 Å². The minimum absolute atomic E-state index is 0.215. The second-order valence-electron chi connectivity index (χ2n) is 7.36. The summed E-state index contributed by atoms with van der Waals surface area (Å²) in [6, 6.07) is 0. The highest BCUT2D eigenvalue weighted by Gasteiger charge is 2.46. The molecule has 3 atom stereocenters. The third-order valence-corrected chi connectivity index (χ3v) is 4.81. The van der Waals surface area contributed by atoms with Crippen LogP contribution < -0.4 is 5.32 Å². The molecular weight excluding hydrogens is 236 g/mol. The molecule has 1 heterocycles. The van der Waals surface area contributed by atoms with Crippen molar-refractivity contribution >= 4 is 5.91 Å². The average molecular weight is 268 g/mol. The zero-order valence-corrected chi connectivity index (χ0v) is 13.8. The van der Waals surface area contributed by atoms with E-state index in [1.165, 1.54) is 0 Å². The van der Waals surface area contributed by atoms with Crippen LogP contribution in [0.25, 0.3) is 0 Å². The van der Waals surface area contributed by atoms with Gasteiger partial charge in [-0.3, -0.25) is 10.1 Å². The predicted molar refractivity (Wildman–Crippen MR) is 80.9 cm³/mol. The van der Waals surface area contributed by atoms with E-state index in [0.29, 0.717) is 5.92 Å². The smallest absolute Gasteiger partial charge is 0.243 e. The quantitative estimate of drug-likeness (QED) is 0.829. The summed E-state index contributed by atoms with van der Waals surface area (Å²) in [4.78, 5) is 14.8. The molecule has 0 bridgehead atoms. The lowest BCUT2D eigenvalue weighted by atomic mass is 9.81. The Balaban J connectivity index is 2.86. The van der Waals surface area contributed by atoms with Crippen LogP contribution in [0, 0.1) is 11.3 Å². The highest BCUT2D eigenvalue weighted by molar-refractivity contribution is 5.88. The van der Waals surface area contributed by atoms with Crippen molar-refractivity contribution in [2.75, 3.05) is 6.54 Å². The first-order valence-corrected chi connectivity index (χ1v) is 7.74. The van der Waals surface area contributed by atoms with Crippen LogP contribution in [0.2, 0.25) is 0 Å². The lowest BCUT2D eigenvalue weighted by molar-refractivity contribution is -0.134. The molecule has 0 saturated carbocycles. The molecule has 0 aromatic heterocycles. The summed E-state index contributed by atoms with van der Waals surface area (Å²) < 4.78 is 0. The van der Waals surface area contributed by atoms with Crippen LogP contribution >= 0.6 is 0 Å². The lowest BCUT2D eigenvalue weighted by Gasteiger charge is -2.33. The van der Waals surface area contributed by atoms with Gasteiger partial charge in [-0.2, -0.15) is 0 Å². The molecule has 1 aliphatic rings. The molecule has 0 aromatic rings. The standard InChI is InChI=1S/C16H32N2O/c1-8-10-13-17-16(7,9-2)14(19)18(13)11-12(3)15(4,5)6/h12-13,17H,8-11H2,1-7H3. The number of carbonyl (C=O) groups excluding carboxylic acids is 1. The molecule has 3 heteroatoms. The van der Waals surface area contributed by atoms with Crippen LogP contribution in [0.15, 0.2) is 0 Å². The van der Waals surface area contributed by atoms with Crippen molar-refractivity contribution in [3.8, 4) is 0 Å². The number of rotatable bonds is 5. The van der Waals surface area contributed by atoms with Crippen molar-refractivity contribution < 1.29 is 4.79 Å². The molecule has 3 unspecified atom stereocenters. The van der Waals surface area contributed by atoms with E-state index in [2.05, 4.69) is 51.8 Å². The van der Waals surface area contributed by atoms with E-state index in [1.54, 1.807) is 0 Å². The summed E-state index contributed by atoms with van der Waals surface area (Å²) in [5.41, 5.74) is -0.125. The second kappa shape index (κ2) is 5.82. The molecule has 0 spiro atoms. The van der Waals surface area contributed by atoms with Crippen LogP contribution in [0.3, 0.4) is 0 Å². The van der Waals surface area contributed by atoms with Gasteiger partial charge >= 0.3 is 0 Å². The molecule has 1 N–H and O–H groups in total. The molecule has 0 radical (unpaired) electrons. The minimum Gasteiger partial charge on any atom is -0.325 e. The predicted octanol–water partition coefficient (Wildman–Crippen LogP) is 3.40. The van der Waals surface area contributed by atoms with Crippen molar-refractivity contribution in [1.82, 2.24) is 10.2 Å². The molecule has 1 rings (SSSR count). The first-order valence-electron chi connectivity index (χ1n) is 7.74. The molecule has 112 valence electrons. The number of amides is 1. The van der Waals surface area contributed by atoms with Crippen molar-refractivity contribution in [2.45, 2.75) is 79.4 Å². The zero-order valence-electron chi connectivity index (χ0n) is 13.8. The minimum atomic E-state index is -0.364. The lowest BCUT2D eigenvalue weighted by Crippen LogP contribution is -2.44. The summed E-state index contributed by atoms with van der Waals surface area (Å²) >= 11 is 0. The summed E-state index contributed by atoms with van der Waals surface area (Å²) in [5.74, 6) is 0.779. The van der Waals surface area contributed by atoms with Crippen molar-refractivity contribution in [2.24, 2.45) is 11.3 Å². The Labute approximate surface area is 119 Å². The number of nitrogens with one attached hydrogen (secondary N) is 1. The van der Waals surface area contributed by atoms with Gasteiger partial charge in [0.15, 0.2) is 0 Å². The Bertz CT molecular complexity index is 321. The Morgan fingerprint density at radius 3 is 2.37 bits per heavy atom. The number of hydrogen-bond acceptors (Lipinski definition) is 2. The molecule has 0 aromatic carbocycles. The van der Waals surface area contributed by atoms with Crippen molar-refractivity contribution in [3.05, 3.63) is 0 Å². The molecule has 1 saturated heterocycles. The van der Waals surface area contributed by atoms with E-state index in [-0.39, 0.29) is 23.0 Å². The highest BCUT2D eigenvalue weighted by Crippen LogP contribution is 2.31. The van der Waals surface area contributed by atoms with Gasteiger partial charge in [0.2, 0.25) is 5.91 Å². The molecular formula is C16H32N2O. The second-order valence-corrected chi connectivity index (χ2v) is 7.36. The fraction of sp³-hybridized carbons (Fsp3) is 0.938. The van der Waals surface area contributed by atoms with Gasteiger partial charge in [-0.1, -0.05) is 48.0 Å². The summed E-state index contributed by atoms with van der Waals surface area (Å²) in [6.07, 6.45) is 3.21. The summed E-state index contributed by atoms with van der Waals surface area (Å²) in [7, 11) is 0. The van der Waals surface area contributed by atoms with E-state index >= 15 is 0 Å². The number of carbonyl (C=O) groups is 1. The van der Waals surface area contributed by atoms with Crippen LogP contribution in [0.4, 0.5) is 0 Å². The van der Waals surface area contributed by atoms with Crippen molar-refractivity contribution in [3.63, 3.8) is 0 Å². The molecule has 3 nitrogen and oxygen atoms in total. The third-order valence-electron chi connectivity index (χ3n) is 4.81. The van der Waals surface area contributed by atoms with Gasteiger partial charge in [-0.25, -0.2) is 0 Å². The zero-order chi connectivity index (χ0) is 14.8. The van der Waals surface area contributed by atoms with E-state index in [0.717, 1.165) is 25.8 Å². The maximum Gasteiger partial charge on any atom is 0.243 e. The molecule has 19 heavy (non-hydrogen) atoms. The van der Waals surface area contributed by atoms with Crippen LogP contribution in [-0.4, -0.2) is 29.1 Å². The maximum absolute atomic E-state index is 12.7. The Hall–Kier alpha value is -0.570. The molecule has 0 aliphatic carbocycles. The van der Waals surface area contributed by atoms with Crippen LogP contribution in [-0.2, 0) is 4.79 Å². The van der Waals surface area contributed by atoms with E-state index in [1.807, 2.05) is 6.92 Å². The van der Waals surface area contributed by atoms with Crippen LogP contribution in [0.5, 0.6) is 0 Å². The fourth-order valence-electron chi connectivity index (χ4n) is 2.50. The summed E-state index contributed by atoms with van der Waals surface area (Å²) in [6.45, 7) is 16.2. The van der Waals surface area contributed by atoms with Crippen molar-refractivity contribution in [1.29, 1.82) is 0 Å². The van der Waals surface area contributed by atoms with E-state index in [9.17, 15) is 4.79 Å². The fourth-order valence-corrected chi connectivity index (χ4v) is 2.50. The maximum atomic E-state index is 12.7. The third kappa shape index (κ3) is 3.50. The SMILES string of the molecule is CCCC1NC(C)(CC)C(=O)N1CC(C)C(C)(C)C. The van der Waals surface area contributed by atoms with Gasteiger partial charge in [0.1, 0.15) is 0 Å². The Morgan fingerprint density at radius 2 is 1.95 bits per heavy atom. The summed E-state index contributed by atoms with van der Waals surface area (Å²) in [5, 5.41) is 3.55. The first kappa shape index (κ1) is 16.5. The van der Waals surface area contributed by atoms with Gasteiger partial charge < -0.3 is 4.90 Å². The Morgan fingerprint density at radius 1 is 1.37 bits per heavy atom.